The largest absolute Gasteiger partial charge is 0.0619 e. The maximum absolute atomic E-state index is 2.73. The molecule has 6 aliphatic carbocycles. The van der Waals surface area contributed by atoms with Gasteiger partial charge in [-0.25, -0.2) is 0 Å². The first-order chi connectivity index (χ1) is 35.7. The third-order valence-electron chi connectivity index (χ3n) is 20.5. The van der Waals surface area contributed by atoms with Gasteiger partial charge in [0.1, 0.15) is 0 Å². The number of hydrogen-bond acceptors (Lipinski definition) is 0. The Kier molecular flexibility index (Phi) is 8.22. The number of hydrogen-bond donors (Lipinski definition) is 0. The van der Waals surface area contributed by atoms with E-state index in [9.17, 15) is 0 Å². The topological polar surface area (TPSA) is 0 Å². The Morgan fingerprint density at radius 2 is 0.568 bits per heavy atom. The van der Waals surface area contributed by atoms with Crippen LogP contribution in [0.4, 0.5) is 0 Å². The normalized spacial score (nSPS) is 18.3. The van der Waals surface area contributed by atoms with Gasteiger partial charge >= 0.3 is 0 Å². The van der Waals surface area contributed by atoms with Crippen LogP contribution in [0.15, 0.2) is 170 Å². The molecule has 358 valence electrons. The lowest BCUT2D eigenvalue weighted by molar-refractivity contribution is 0.353. The molecule has 1 spiro atoms. The lowest BCUT2D eigenvalue weighted by Crippen LogP contribution is -2.28. The van der Waals surface area contributed by atoms with Crippen LogP contribution >= 0.6 is 0 Å². The molecule has 10 aromatic rings. The van der Waals surface area contributed by atoms with E-state index >= 15 is 0 Å². The van der Waals surface area contributed by atoms with Crippen LogP contribution < -0.4 is 0 Å². The van der Waals surface area contributed by atoms with Gasteiger partial charge in [-0.2, -0.15) is 0 Å². The van der Waals surface area contributed by atoms with E-state index in [0.717, 1.165) is 0 Å². The van der Waals surface area contributed by atoms with Crippen LogP contribution in [0, 0.1) is 0 Å². The summed E-state index contributed by atoms with van der Waals surface area (Å²) >= 11 is 0. The van der Waals surface area contributed by atoms with E-state index in [0.29, 0.717) is 0 Å². The predicted octanol–water partition coefficient (Wildman–Crippen LogP) is 19.8. The monoisotopic (exact) mass is 950 g/mol. The van der Waals surface area contributed by atoms with Crippen LogP contribution in [-0.2, 0) is 27.1 Å². The molecule has 0 N–H and O–H groups in total. The molecular formula is C74H62. The molecule has 16 rings (SSSR count). The molecule has 0 aromatic heterocycles. The summed E-state index contributed by atoms with van der Waals surface area (Å²) in [6.07, 6.45) is 6.23. The van der Waals surface area contributed by atoms with Gasteiger partial charge in [-0.1, -0.05) is 208 Å². The van der Waals surface area contributed by atoms with Gasteiger partial charge in [-0.15, -0.1) is 0 Å². The molecule has 1 saturated carbocycles. The van der Waals surface area contributed by atoms with Crippen LogP contribution in [0.25, 0.3) is 99.4 Å². The van der Waals surface area contributed by atoms with Gasteiger partial charge in [-0.3, -0.25) is 0 Å². The molecule has 0 heterocycles. The predicted molar refractivity (Wildman–Crippen MR) is 312 cm³/mol. The molecule has 0 radical (unpaired) electrons. The van der Waals surface area contributed by atoms with Crippen LogP contribution in [0.2, 0.25) is 0 Å². The van der Waals surface area contributed by atoms with Crippen molar-refractivity contribution in [2.45, 2.75) is 115 Å². The summed E-state index contributed by atoms with van der Waals surface area (Å²) < 4.78 is 0. The third kappa shape index (κ3) is 5.11. The Labute approximate surface area is 437 Å². The first-order valence-corrected chi connectivity index (χ1v) is 27.7. The van der Waals surface area contributed by atoms with E-state index in [1.165, 1.54) is 176 Å². The maximum atomic E-state index is 2.73. The first kappa shape index (κ1) is 43.2. The maximum Gasteiger partial charge on any atom is 0.0215 e. The van der Waals surface area contributed by atoms with Crippen LogP contribution in [0.5, 0.6) is 0 Å². The van der Waals surface area contributed by atoms with E-state index in [1.807, 2.05) is 0 Å². The molecule has 0 bridgehead atoms. The second kappa shape index (κ2) is 14.1. The quantitative estimate of drug-likeness (QED) is 0.162. The Morgan fingerprint density at radius 3 is 1.01 bits per heavy atom. The summed E-state index contributed by atoms with van der Waals surface area (Å²) in [5.74, 6) is 0. The minimum absolute atomic E-state index is 0.0200. The van der Waals surface area contributed by atoms with Crippen LogP contribution in [-0.4, -0.2) is 0 Å². The molecule has 0 saturated heterocycles. The fourth-order valence-electron chi connectivity index (χ4n) is 16.7. The van der Waals surface area contributed by atoms with Crippen LogP contribution in [0.3, 0.4) is 0 Å². The molecular weight excluding hydrogens is 889 g/mol. The standard InChI is InChI=1S/C74H62/c1-70(2)56-30-16-14-26-48(56)66-46(28-20-32-58(66)70)50-36-64-68(44-24-12-10-22-42(44)50)54-40-62-52(38-60(54)72(64,5)6)53-39-61-55(41-63(53)74(62)34-18-9-19-35-74)69-45-25-13-11-23-43(45)51(37-65(69)73(61,7)8)47-29-21-33-59-67(47)49-27-15-17-31-57(49)71(59,3)4/h10-17,20-33,36-41H,9,18-19,34-35H2,1-8H3. The van der Waals surface area contributed by atoms with Crippen molar-refractivity contribution in [3.63, 3.8) is 0 Å². The second-order valence-corrected chi connectivity index (χ2v) is 25.4. The first-order valence-electron chi connectivity index (χ1n) is 27.7. The van der Waals surface area contributed by atoms with Crippen LogP contribution in [0.1, 0.15) is 143 Å². The summed E-state index contributed by atoms with van der Waals surface area (Å²) in [7, 11) is 0. The molecule has 0 aliphatic heterocycles. The summed E-state index contributed by atoms with van der Waals surface area (Å²) in [6.45, 7) is 19.7. The molecule has 74 heavy (non-hydrogen) atoms. The summed E-state index contributed by atoms with van der Waals surface area (Å²) in [5, 5.41) is 5.44. The van der Waals surface area contributed by atoms with Crippen molar-refractivity contribution < 1.29 is 0 Å². The summed E-state index contributed by atoms with van der Waals surface area (Å²) in [5.41, 5.74) is 33.9. The minimum atomic E-state index is -0.203. The smallest absolute Gasteiger partial charge is 0.0215 e. The van der Waals surface area contributed by atoms with Gasteiger partial charge < -0.3 is 0 Å². The fourth-order valence-corrected chi connectivity index (χ4v) is 16.7. The fraction of sp³-hybridized carbons (Fsp3) is 0.243. The Balaban J connectivity index is 0.895. The van der Waals surface area contributed by atoms with Crippen molar-refractivity contribution in [2.24, 2.45) is 0 Å². The van der Waals surface area contributed by atoms with Gasteiger partial charge in [0.15, 0.2) is 0 Å². The molecule has 10 aromatic carbocycles. The van der Waals surface area contributed by atoms with Gasteiger partial charge in [0.05, 0.1) is 0 Å². The highest BCUT2D eigenvalue weighted by atomic mass is 14.5. The SMILES string of the molecule is CC1(C)c2ccccc2-c2c(-c3cc4c(c5ccccc35)-c3cc5c(cc3C4(C)C)-c3cc4c(cc3C53CCCCC3)-c3c(cc(-c5cccc6c5-c5ccccc5C6(C)C)c5ccccc35)C4(C)C)cccc21. The van der Waals surface area contributed by atoms with Gasteiger partial charge in [0.2, 0.25) is 0 Å². The average molecular weight is 951 g/mol. The lowest BCUT2D eigenvalue weighted by atomic mass is 9.67. The van der Waals surface area contributed by atoms with Crippen molar-refractivity contribution >= 4 is 21.5 Å². The van der Waals surface area contributed by atoms with Gasteiger partial charge in [-0.05, 0) is 204 Å². The molecule has 1 fully saturated rings. The third-order valence-corrected chi connectivity index (χ3v) is 20.5. The minimum Gasteiger partial charge on any atom is -0.0619 e. The zero-order valence-corrected chi connectivity index (χ0v) is 44.2. The number of benzene rings is 10. The van der Waals surface area contributed by atoms with E-state index in [1.54, 1.807) is 11.1 Å². The van der Waals surface area contributed by atoms with Gasteiger partial charge in [0.25, 0.3) is 0 Å². The highest BCUT2D eigenvalue weighted by Gasteiger charge is 2.50. The average Bonchev–Trinajstić information content (AvgIpc) is 4.06. The lowest BCUT2D eigenvalue weighted by Gasteiger charge is -2.36. The van der Waals surface area contributed by atoms with Crippen molar-refractivity contribution in [1.29, 1.82) is 0 Å². The van der Waals surface area contributed by atoms with E-state index < -0.39 is 0 Å². The van der Waals surface area contributed by atoms with E-state index in [-0.39, 0.29) is 27.1 Å². The van der Waals surface area contributed by atoms with E-state index in [4.69, 9.17) is 0 Å². The molecule has 6 aliphatic rings. The van der Waals surface area contributed by atoms with Crippen molar-refractivity contribution in [3.8, 4) is 77.9 Å². The number of fused-ring (bicyclic) bond motifs is 21. The van der Waals surface area contributed by atoms with Crippen molar-refractivity contribution in [1.82, 2.24) is 0 Å². The Bertz CT molecular complexity index is 3940. The van der Waals surface area contributed by atoms with Crippen molar-refractivity contribution in [3.05, 3.63) is 225 Å². The molecule has 0 atom stereocenters. The summed E-state index contributed by atoms with van der Waals surface area (Å²) in [4.78, 5) is 0. The molecule has 0 nitrogen and oxygen atoms in total. The van der Waals surface area contributed by atoms with Gasteiger partial charge in [0, 0.05) is 27.1 Å². The zero-order chi connectivity index (χ0) is 50.0. The Morgan fingerprint density at radius 1 is 0.230 bits per heavy atom. The molecule has 0 unspecified atom stereocenters. The zero-order valence-electron chi connectivity index (χ0n) is 44.2. The second-order valence-electron chi connectivity index (χ2n) is 25.4. The highest BCUT2D eigenvalue weighted by Crippen LogP contribution is 2.65. The molecule has 0 amide bonds. The summed E-state index contributed by atoms with van der Waals surface area (Å²) in [6, 6.07) is 67.2. The Hall–Kier alpha value is -7.28. The van der Waals surface area contributed by atoms with E-state index in [2.05, 4.69) is 225 Å². The molecule has 0 heteroatoms. The highest BCUT2D eigenvalue weighted by molar-refractivity contribution is 6.14. The van der Waals surface area contributed by atoms with Crippen molar-refractivity contribution in [2.75, 3.05) is 0 Å². The number of rotatable bonds is 2.